The standard InChI is InChI=1S/C16H18F2N2O4/c1-10(12-3-2-11(17)8-13(12)18)19-14(21)20-6-4-16(5-7-20)9-23-15(22)24-16/h2-3,8,10H,4-7,9H2,1H3,(H,19,21)/t10-/m0/s1. The first kappa shape index (κ1) is 16.5. The van der Waals surface area contributed by atoms with Crippen LogP contribution in [0.15, 0.2) is 18.2 Å². The molecule has 0 saturated carbocycles. The molecule has 1 atom stereocenters. The molecule has 0 bridgehead atoms. The maximum absolute atomic E-state index is 13.8. The average Bonchev–Trinajstić information content (AvgIpc) is 2.88. The van der Waals surface area contributed by atoms with Gasteiger partial charge in [0.25, 0.3) is 0 Å². The number of carbonyl (C=O) groups is 2. The largest absolute Gasteiger partial charge is 0.509 e. The molecule has 2 heterocycles. The summed E-state index contributed by atoms with van der Waals surface area (Å²) in [6.07, 6.45) is 0.310. The number of nitrogens with one attached hydrogen (secondary N) is 1. The van der Waals surface area contributed by atoms with E-state index in [0.29, 0.717) is 25.9 Å². The first-order valence-corrected chi connectivity index (χ1v) is 7.75. The van der Waals surface area contributed by atoms with Crippen molar-refractivity contribution in [1.82, 2.24) is 10.2 Å². The van der Waals surface area contributed by atoms with E-state index in [9.17, 15) is 18.4 Å². The number of urea groups is 1. The Morgan fingerprint density at radius 2 is 2.04 bits per heavy atom. The van der Waals surface area contributed by atoms with E-state index in [1.807, 2.05) is 0 Å². The number of carbonyl (C=O) groups excluding carboxylic acids is 2. The van der Waals surface area contributed by atoms with E-state index >= 15 is 0 Å². The molecule has 2 fully saturated rings. The lowest BCUT2D eigenvalue weighted by Gasteiger charge is -2.36. The van der Waals surface area contributed by atoms with Gasteiger partial charge in [-0.1, -0.05) is 6.07 Å². The molecule has 2 aliphatic heterocycles. The third kappa shape index (κ3) is 3.27. The molecule has 1 N–H and O–H groups in total. The first-order valence-electron chi connectivity index (χ1n) is 7.75. The van der Waals surface area contributed by atoms with Gasteiger partial charge in [-0.3, -0.25) is 0 Å². The van der Waals surface area contributed by atoms with Gasteiger partial charge in [0.15, 0.2) is 5.60 Å². The number of cyclic esters (lactones) is 1. The van der Waals surface area contributed by atoms with E-state index in [0.717, 1.165) is 12.1 Å². The lowest BCUT2D eigenvalue weighted by Crippen LogP contribution is -2.51. The van der Waals surface area contributed by atoms with Crippen LogP contribution in [0.4, 0.5) is 18.4 Å². The van der Waals surface area contributed by atoms with E-state index < -0.39 is 29.4 Å². The first-order chi connectivity index (χ1) is 11.4. The second-order valence-corrected chi connectivity index (χ2v) is 6.15. The monoisotopic (exact) mass is 340 g/mol. The molecule has 0 radical (unpaired) electrons. The lowest BCUT2D eigenvalue weighted by molar-refractivity contribution is 0.00917. The molecular formula is C16H18F2N2O4. The quantitative estimate of drug-likeness (QED) is 0.841. The maximum Gasteiger partial charge on any atom is 0.509 e. The third-order valence-corrected chi connectivity index (χ3v) is 4.48. The SMILES string of the molecule is C[C@H](NC(=O)N1CCC2(CC1)COC(=O)O2)c1ccc(F)cc1F. The zero-order valence-corrected chi connectivity index (χ0v) is 13.2. The van der Waals surface area contributed by atoms with Crippen molar-refractivity contribution < 1.29 is 27.8 Å². The summed E-state index contributed by atoms with van der Waals surface area (Å²) in [6, 6.07) is 2.32. The third-order valence-electron chi connectivity index (χ3n) is 4.48. The predicted octanol–water partition coefficient (Wildman–Crippen LogP) is 2.74. The Balaban J connectivity index is 1.57. The van der Waals surface area contributed by atoms with Gasteiger partial charge in [0.2, 0.25) is 0 Å². The molecule has 2 amide bonds. The number of amides is 2. The summed E-state index contributed by atoms with van der Waals surface area (Å²) in [4.78, 5) is 25.0. The van der Waals surface area contributed by atoms with Gasteiger partial charge in [-0.05, 0) is 13.0 Å². The molecule has 1 aromatic carbocycles. The van der Waals surface area contributed by atoms with Crippen LogP contribution in [0.25, 0.3) is 0 Å². The van der Waals surface area contributed by atoms with Gasteiger partial charge in [-0.2, -0.15) is 0 Å². The van der Waals surface area contributed by atoms with Crippen molar-refractivity contribution >= 4 is 12.2 Å². The van der Waals surface area contributed by atoms with Gasteiger partial charge in [-0.25, -0.2) is 18.4 Å². The fraction of sp³-hybridized carbons (Fsp3) is 0.500. The van der Waals surface area contributed by atoms with Gasteiger partial charge in [0, 0.05) is 37.6 Å². The van der Waals surface area contributed by atoms with Crippen molar-refractivity contribution in [2.75, 3.05) is 19.7 Å². The highest BCUT2D eigenvalue weighted by Gasteiger charge is 2.45. The number of hydrogen-bond acceptors (Lipinski definition) is 4. The molecule has 8 heteroatoms. The summed E-state index contributed by atoms with van der Waals surface area (Å²) in [5.41, 5.74) is -0.418. The predicted molar refractivity (Wildman–Crippen MR) is 79.3 cm³/mol. The molecular weight excluding hydrogens is 322 g/mol. The Labute approximate surface area is 137 Å². The number of likely N-dealkylation sites (tertiary alicyclic amines) is 1. The molecule has 6 nitrogen and oxygen atoms in total. The number of benzene rings is 1. The fourth-order valence-electron chi connectivity index (χ4n) is 3.00. The minimum Gasteiger partial charge on any atom is -0.430 e. The van der Waals surface area contributed by atoms with Gasteiger partial charge < -0.3 is 19.7 Å². The van der Waals surface area contributed by atoms with Crippen molar-refractivity contribution in [2.45, 2.75) is 31.4 Å². The number of nitrogens with zero attached hydrogens (tertiary/aromatic N) is 1. The van der Waals surface area contributed by atoms with Crippen molar-refractivity contribution in [2.24, 2.45) is 0 Å². The molecule has 0 unspecified atom stereocenters. The Morgan fingerprint density at radius 1 is 1.33 bits per heavy atom. The summed E-state index contributed by atoms with van der Waals surface area (Å²) in [5.74, 6) is -1.36. The van der Waals surface area contributed by atoms with Crippen molar-refractivity contribution in [3.63, 3.8) is 0 Å². The van der Waals surface area contributed by atoms with Gasteiger partial charge in [0.1, 0.15) is 18.2 Å². The minimum absolute atomic E-state index is 0.207. The second kappa shape index (κ2) is 6.26. The van der Waals surface area contributed by atoms with Crippen LogP contribution in [-0.4, -0.2) is 42.4 Å². The fourth-order valence-corrected chi connectivity index (χ4v) is 3.00. The number of ether oxygens (including phenoxy) is 2. The van der Waals surface area contributed by atoms with Gasteiger partial charge >= 0.3 is 12.2 Å². The van der Waals surface area contributed by atoms with Crippen molar-refractivity contribution in [3.8, 4) is 0 Å². The summed E-state index contributed by atoms with van der Waals surface area (Å²) in [6.45, 7) is 2.65. The van der Waals surface area contributed by atoms with Crippen LogP contribution in [0.1, 0.15) is 31.4 Å². The summed E-state index contributed by atoms with van der Waals surface area (Å²) >= 11 is 0. The smallest absolute Gasteiger partial charge is 0.430 e. The second-order valence-electron chi connectivity index (χ2n) is 6.15. The van der Waals surface area contributed by atoms with Crippen LogP contribution in [-0.2, 0) is 9.47 Å². The lowest BCUT2D eigenvalue weighted by atomic mass is 9.92. The van der Waals surface area contributed by atoms with E-state index in [1.165, 1.54) is 6.07 Å². The minimum atomic E-state index is -0.699. The number of rotatable bonds is 2. The zero-order chi connectivity index (χ0) is 17.3. The van der Waals surface area contributed by atoms with Crippen LogP contribution in [0.3, 0.4) is 0 Å². The molecule has 1 aromatic rings. The summed E-state index contributed by atoms with van der Waals surface area (Å²) < 4.78 is 36.7. The Kier molecular flexibility index (Phi) is 4.29. The number of halogens is 2. The maximum atomic E-state index is 13.8. The molecule has 0 aliphatic carbocycles. The van der Waals surface area contributed by atoms with Crippen molar-refractivity contribution in [1.29, 1.82) is 0 Å². The van der Waals surface area contributed by atoms with E-state index in [2.05, 4.69) is 5.32 Å². The molecule has 1 spiro atoms. The van der Waals surface area contributed by atoms with E-state index in [4.69, 9.17) is 9.47 Å². The zero-order valence-electron chi connectivity index (χ0n) is 13.2. The Hall–Kier alpha value is -2.38. The highest BCUT2D eigenvalue weighted by molar-refractivity contribution is 5.75. The molecule has 2 aliphatic rings. The molecule has 2 saturated heterocycles. The summed E-state index contributed by atoms with van der Waals surface area (Å²) in [7, 11) is 0. The molecule has 24 heavy (non-hydrogen) atoms. The molecule has 3 rings (SSSR count). The normalized spacial score (nSPS) is 20.5. The van der Waals surface area contributed by atoms with Crippen LogP contribution in [0.5, 0.6) is 0 Å². The highest BCUT2D eigenvalue weighted by Crippen LogP contribution is 2.31. The van der Waals surface area contributed by atoms with Gasteiger partial charge in [0.05, 0.1) is 6.04 Å². The van der Waals surface area contributed by atoms with Crippen LogP contribution in [0, 0.1) is 11.6 Å². The number of piperidine rings is 1. The molecule has 0 aromatic heterocycles. The highest BCUT2D eigenvalue weighted by atomic mass is 19.1. The van der Waals surface area contributed by atoms with Crippen molar-refractivity contribution in [3.05, 3.63) is 35.4 Å². The Morgan fingerprint density at radius 3 is 2.62 bits per heavy atom. The molecule has 130 valence electrons. The van der Waals surface area contributed by atoms with Crippen LogP contribution >= 0.6 is 0 Å². The topological polar surface area (TPSA) is 67.9 Å². The van der Waals surface area contributed by atoms with Gasteiger partial charge in [-0.15, -0.1) is 0 Å². The van der Waals surface area contributed by atoms with Crippen LogP contribution in [0.2, 0.25) is 0 Å². The summed E-state index contributed by atoms with van der Waals surface area (Å²) in [5, 5.41) is 2.70. The number of hydrogen-bond donors (Lipinski definition) is 1. The van der Waals surface area contributed by atoms with E-state index in [1.54, 1.807) is 11.8 Å². The Bertz CT molecular complexity index is 659. The van der Waals surface area contributed by atoms with E-state index in [-0.39, 0.29) is 18.2 Å². The van der Waals surface area contributed by atoms with Crippen LogP contribution < -0.4 is 5.32 Å². The average molecular weight is 340 g/mol.